The molecule has 0 spiro atoms. The second kappa shape index (κ2) is 5.83. The van der Waals surface area contributed by atoms with Crippen molar-refractivity contribution in [2.75, 3.05) is 32.7 Å². The van der Waals surface area contributed by atoms with Gasteiger partial charge >= 0.3 is 0 Å². The van der Waals surface area contributed by atoms with E-state index in [2.05, 4.69) is 11.8 Å². The highest BCUT2D eigenvalue weighted by molar-refractivity contribution is 5.82. The summed E-state index contributed by atoms with van der Waals surface area (Å²) >= 11 is 0. The third-order valence-corrected chi connectivity index (χ3v) is 4.09. The minimum absolute atomic E-state index is 0.159. The molecular weight excluding hydrogens is 214 g/mol. The van der Waals surface area contributed by atoms with Gasteiger partial charge < -0.3 is 10.6 Å². The lowest BCUT2D eigenvalue weighted by Crippen LogP contribution is -2.45. The van der Waals surface area contributed by atoms with Crippen molar-refractivity contribution in [1.29, 1.82) is 0 Å². The Bertz CT molecular complexity index is 269. The summed E-state index contributed by atoms with van der Waals surface area (Å²) in [5.74, 6) is 0.881. The van der Waals surface area contributed by atoms with Gasteiger partial charge in [0.25, 0.3) is 0 Å². The molecule has 98 valence electrons. The third kappa shape index (κ3) is 2.80. The van der Waals surface area contributed by atoms with Crippen LogP contribution in [0.4, 0.5) is 0 Å². The first-order chi connectivity index (χ1) is 8.26. The molecular formula is C13H25N3O. The summed E-state index contributed by atoms with van der Waals surface area (Å²) in [7, 11) is 0. The van der Waals surface area contributed by atoms with E-state index in [1.54, 1.807) is 0 Å². The standard InChI is InChI=1S/C13H25N3O/c1-2-6-15-7-3-4-12(15)13(17)16-8-5-11(9-14)10-16/h11-12H,2-10,14H2,1H3/t11-,12-/m0/s1. The van der Waals surface area contributed by atoms with Crippen LogP contribution in [0.2, 0.25) is 0 Å². The number of nitrogens with two attached hydrogens (primary N) is 1. The first-order valence-corrected chi connectivity index (χ1v) is 6.99. The van der Waals surface area contributed by atoms with Crippen molar-refractivity contribution < 1.29 is 4.79 Å². The smallest absolute Gasteiger partial charge is 0.239 e. The number of likely N-dealkylation sites (tertiary alicyclic amines) is 2. The molecule has 2 N–H and O–H groups in total. The minimum Gasteiger partial charge on any atom is -0.341 e. The Morgan fingerprint density at radius 1 is 1.35 bits per heavy atom. The molecule has 4 heteroatoms. The van der Waals surface area contributed by atoms with E-state index in [-0.39, 0.29) is 6.04 Å². The van der Waals surface area contributed by atoms with Crippen LogP contribution in [0.1, 0.15) is 32.6 Å². The average molecular weight is 239 g/mol. The Hall–Kier alpha value is -0.610. The monoisotopic (exact) mass is 239 g/mol. The Morgan fingerprint density at radius 3 is 2.82 bits per heavy atom. The van der Waals surface area contributed by atoms with Crippen molar-refractivity contribution >= 4 is 5.91 Å². The van der Waals surface area contributed by atoms with Crippen LogP contribution in [0.3, 0.4) is 0 Å². The summed E-state index contributed by atoms with van der Waals surface area (Å²) in [6, 6.07) is 0.159. The molecule has 2 aliphatic heterocycles. The number of carbonyl (C=O) groups is 1. The molecule has 0 aromatic rings. The van der Waals surface area contributed by atoms with E-state index in [0.717, 1.165) is 45.4 Å². The van der Waals surface area contributed by atoms with Crippen LogP contribution in [0.25, 0.3) is 0 Å². The van der Waals surface area contributed by atoms with Crippen LogP contribution < -0.4 is 5.73 Å². The van der Waals surface area contributed by atoms with Gasteiger partial charge in [-0.3, -0.25) is 9.69 Å². The Balaban J connectivity index is 1.91. The molecule has 0 radical (unpaired) electrons. The van der Waals surface area contributed by atoms with Gasteiger partial charge in [-0.25, -0.2) is 0 Å². The molecule has 2 aliphatic rings. The van der Waals surface area contributed by atoms with Crippen molar-refractivity contribution in [3.63, 3.8) is 0 Å². The summed E-state index contributed by atoms with van der Waals surface area (Å²) in [5, 5.41) is 0. The lowest BCUT2D eigenvalue weighted by Gasteiger charge is -2.27. The quantitative estimate of drug-likeness (QED) is 0.784. The number of nitrogens with zero attached hydrogens (tertiary/aromatic N) is 2. The lowest BCUT2D eigenvalue weighted by atomic mass is 10.1. The van der Waals surface area contributed by atoms with Crippen LogP contribution in [0.15, 0.2) is 0 Å². The van der Waals surface area contributed by atoms with E-state index in [1.807, 2.05) is 4.90 Å². The molecule has 2 rings (SSSR count). The van der Waals surface area contributed by atoms with Gasteiger partial charge in [0.2, 0.25) is 5.91 Å². The van der Waals surface area contributed by atoms with Gasteiger partial charge in [-0.15, -0.1) is 0 Å². The van der Waals surface area contributed by atoms with Crippen LogP contribution in [-0.4, -0.2) is 54.5 Å². The van der Waals surface area contributed by atoms with E-state index >= 15 is 0 Å². The normalized spacial score (nSPS) is 30.1. The fourth-order valence-corrected chi connectivity index (χ4v) is 3.10. The van der Waals surface area contributed by atoms with Crippen LogP contribution in [0, 0.1) is 5.92 Å². The molecule has 4 nitrogen and oxygen atoms in total. The van der Waals surface area contributed by atoms with Crippen molar-refractivity contribution in [3.8, 4) is 0 Å². The van der Waals surface area contributed by atoms with E-state index in [4.69, 9.17) is 5.73 Å². The molecule has 2 heterocycles. The summed E-state index contributed by atoms with van der Waals surface area (Å²) < 4.78 is 0. The molecule has 0 bridgehead atoms. The van der Waals surface area contributed by atoms with E-state index in [1.165, 1.54) is 6.42 Å². The van der Waals surface area contributed by atoms with Gasteiger partial charge in [0.1, 0.15) is 0 Å². The van der Waals surface area contributed by atoms with Crippen molar-refractivity contribution in [2.24, 2.45) is 11.7 Å². The molecule has 0 aromatic carbocycles. The van der Waals surface area contributed by atoms with Gasteiger partial charge in [-0.1, -0.05) is 6.92 Å². The molecule has 2 fully saturated rings. The molecule has 0 aromatic heterocycles. The number of hydrogen-bond donors (Lipinski definition) is 1. The topological polar surface area (TPSA) is 49.6 Å². The molecule has 0 saturated carbocycles. The van der Waals surface area contributed by atoms with E-state index < -0.39 is 0 Å². The molecule has 17 heavy (non-hydrogen) atoms. The fraction of sp³-hybridized carbons (Fsp3) is 0.923. The zero-order valence-corrected chi connectivity index (χ0v) is 10.9. The summed E-state index contributed by atoms with van der Waals surface area (Å²) in [6.07, 6.45) is 4.44. The predicted molar refractivity (Wildman–Crippen MR) is 68.6 cm³/mol. The highest BCUT2D eigenvalue weighted by atomic mass is 16.2. The molecule has 2 saturated heterocycles. The van der Waals surface area contributed by atoms with Gasteiger partial charge in [0, 0.05) is 13.1 Å². The third-order valence-electron chi connectivity index (χ3n) is 4.09. The number of amides is 1. The van der Waals surface area contributed by atoms with Gasteiger partial charge in [-0.05, 0) is 51.2 Å². The van der Waals surface area contributed by atoms with Gasteiger partial charge in [0.05, 0.1) is 6.04 Å². The second-order valence-electron chi connectivity index (χ2n) is 5.37. The molecule has 1 amide bonds. The Morgan fingerprint density at radius 2 is 2.18 bits per heavy atom. The average Bonchev–Trinajstić information content (AvgIpc) is 2.97. The zero-order valence-electron chi connectivity index (χ0n) is 10.9. The molecule has 0 unspecified atom stereocenters. The Labute approximate surface area is 104 Å². The van der Waals surface area contributed by atoms with Crippen molar-refractivity contribution in [2.45, 2.75) is 38.6 Å². The van der Waals surface area contributed by atoms with Crippen molar-refractivity contribution in [3.05, 3.63) is 0 Å². The van der Waals surface area contributed by atoms with Crippen LogP contribution in [0.5, 0.6) is 0 Å². The maximum absolute atomic E-state index is 12.4. The largest absolute Gasteiger partial charge is 0.341 e. The first kappa shape index (κ1) is 12.8. The number of carbonyl (C=O) groups excluding carboxylic acids is 1. The van der Waals surface area contributed by atoms with E-state index in [9.17, 15) is 4.79 Å². The molecule has 2 atom stereocenters. The Kier molecular flexibility index (Phi) is 4.40. The maximum Gasteiger partial charge on any atom is 0.239 e. The minimum atomic E-state index is 0.159. The van der Waals surface area contributed by atoms with Crippen LogP contribution >= 0.6 is 0 Å². The van der Waals surface area contributed by atoms with Gasteiger partial charge in [-0.2, -0.15) is 0 Å². The SMILES string of the molecule is CCCN1CCC[C@H]1C(=O)N1CC[C@@H](CN)C1. The highest BCUT2D eigenvalue weighted by Gasteiger charge is 2.35. The van der Waals surface area contributed by atoms with Gasteiger partial charge in [0.15, 0.2) is 0 Å². The summed E-state index contributed by atoms with van der Waals surface area (Å²) in [4.78, 5) is 16.8. The van der Waals surface area contributed by atoms with Crippen LogP contribution in [-0.2, 0) is 4.79 Å². The predicted octanol–water partition coefficient (Wildman–Crippen LogP) is 0.668. The number of hydrogen-bond acceptors (Lipinski definition) is 3. The fourth-order valence-electron chi connectivity index (χ4n) is 3.10. The summed E-state index contributed by atoms with van der Waals surface area (Å²) in [5.41, 5.74) is 5.68. The first-order valence-electron chi connectivity index (χ1n) is 6.99. The highest BCUT2D eigenvalue weighted by Crippen LogP contribution is 2.23. The number of rotatable bonds is 4. The summed E-state index contributed by atoms with van der Waals surface area (Å²) in [6.45, 7) is 6.85. The second-order valence-corrected chi connectivity index (χ2v) is 5.37. The van der Waals surface area contributed by atoms with E-state index in [0.29, 0.717) is 18.4 Å². The lowest BCUT2D eigenvalue weighted by molar-refractivity contribution is -0.135. The van der Waals surface area contributed by atoms with Crippen molar-refractivity contribution in [1.82, 2.24) is 9.80 Å². The zero-order chi connectivity index (χ0) is 12.3. The maximum atomic E-state index is 12.4. The molecule has 0 aliphatic carbocycles.